The van der Waals surface area contributed by atoms with Crippen LogP contribution >= 0.6 is 11.3 Å². The standard InChI is InChI=1S/C20H21N3O3S/c1-14(26-19(25)16-7-5-6-15(12-16)13-21)18(24)23(20-22-10-11-27-20)17-8-3-2-4-9-17/h5-7,10-12,14,17H,2-4,8-9H2,1H3. The molecule has 1 fully saturated rings. The van der Waals surface area contributed by atoms with Crippen LogP contribution in [0.3, 0.4) is 0 Å². The van der Waals surface area contributed by atoms with Gasteiger partial charge in [0.15, 0.2) is 11.2 Å². The number of esters is 1. The van der Waals surface area contributed by atoms with Gasteiger partial charge in [0.1, 0.15) is 0 Å². The highest BCUT2D eigenvalue weighted by Gasteiger charge is 2.33. The van der Waals surface area contributed by atoms with Crippen molar-refractivity contribution in [3.8, 4) is 6.07 Å². The van der Waals surface area contributed by atoms with Crippen LogP contribution in [0, 0.1) is 11.3 Å². The average Bonchev–Trinajstić information content (AvgIpc) is 3.23. The third kappa shape index (κ3) is 4.52. The van der Waals surface area contributed by atoms with E-state index in [1.54, 1.807) is 36.2 Å². The van der Waals surface area contributed by atoms with Crippen molar-refractivity contribution in [1.29, 1.82) is 5.26 Å². The average molecular weight is 383 g/mol. The van der Waals surface area contributed by atoms with Gasteiger partial charge in [-0.25, -0.2) is 9.78 Å². The summed E-state index contributed by atoms with van der Waals surface area (Å²) in [5.41, 5.74) is 0.627. The van der Waals surface area contributed by atoms with E-state index in [1.165, 1.54) is 23.8 Å². The molecule has 27 heavy (non-hydrogen) atoms. The third-order valence-electron chi connectivity index (χ3n) is 4.66. The molecule has 0 radical (unpaired) electrons. The van der Waals surface area contributed by atoms with Gasteiger partial charge in [-0.15, -0.1) is 11.3 Å². The lowest BCUT2D eigenvalue weighted by Gasteiger charge is -2.33. The lowest BCUT2D eigenvalue weighted by molar-refractivity contribution is -0.127. The molecule has 6 nitrogen and oxygen atoms in total. The fourth-order valence-electron chi connectivity index (χ4n) is 3.30. The number of carbonyl (C=O) groups is 2. The Morgan fingerprint density at radius 1 is 1.33 bits per heavy atom. The molecule has 1 unspecified atom stereocenters. The second kappa shape index (κ2) is 8.78. The van der Waals surface area contributed by atoms with Crippen molar-refractivity contribution in [2.24, 2.45) is 0 Å². The molecule has 3 rings (SSSR count). The lowest BCUT2D eigenvalue weighted by atomic mass is 9.94. The molecule has 0 aliphatic heterocycles. The Morgan fingerprint density at radius 2 is 2.11 bits per heavy atom. The van der Waals surface area contributed by atoms with Crippen LogP contribution in [0.25, 0.3) is 0 Å². The topological polar surface area (TPSA) is 83.3 Å². The Bertz CT molecular complexity index is 838. The third-order valence-corrected chi connectivity index (χ3v) is 5.43. The van der Waals surface area contributed by atoms with Crippen LogP contribution in [-0.4, -0.2) is 29.0 Å². The molecule has 1 saturated carbocycles. The van der Waals surface area contributed by atoms with Crippen LogP contribution in [0.15, 0.2) is 35.8 Å². The summed E-state index contributed by atoms with van der Waals surface area (Å²) < 4.78 is 5.40. The van der Waals surface area contributed by atoms with Gasteiger partial charge in [0.2, 0.25) is 0 Å². The van der Waals surface area contributed by atoms with Gasteiger partial charge in [-0.3, -0.25) is 9.69 Å². The predicted octanol–water partition coefficient (Wildman–Crippen LogP) is 3.93. The van der Waals surface area contributed by atoms with Crippen LogP contribution < -0.4 is 4.90 Å². The quantitative estimate of drug-likeness (QED) is 0.731. The van der Waals surface area contributed by atoms with Gasteiger partial charge < -0.3 is 4.74 Å². The minimum Gasteiger partial charge on any atom is -0.449 e. The lowest BCUT2D eigenvalue weighted by Crippen LogP contribution is -2.47. The number of benzene rings is 1. The van der Waals surface area contributed by atoms with Gasteiger partial charge in [-0.05, 0) is 38.0 Å². The molecule has 1 amide bonds. The van der Waals surface area contributed by atoms with E-state index in [1.807, 2.05) is 11.4 Å². The van der Waals surface area contributed by atoms with Crippen molar-refractivity contribution in [2.45, 2.75) is 51.2 Å². The number of anilines is 1. The maximum atomic E-state index is 13.1. The SMILES string of the molecule is CC(OC(=O)c1cccc(C#N)c1)C(=O)N(c1nccs1)C1CCCCC1. The van der Waals surface area contributed by atoms with Crippen LogP contribution in [0.2, 0.25) is 0 Å². The first-order chi connectivity index (χ1) is 13.1. The van der Waals surface area contributed by atoms with Crippen LogP contribution in [0.1, 0.15) is 54.9 Å². The summed E-state index contributed by atoms with van der Waals surface area (Å²) >= 11 is 1.41. The normalized spacial score (nSPS) is 15.6. The maximum Gasteiger partial charge on any atom is 0.338 e. The largest absolute Gasteiger partial charge is 0.449 e. The highest BCUT2D eigenvalue weighted by Crippen LogP contribution is 2.29. The van der Waals surface area contributed by atoms with Crippen LogP contribution in [0.5, 0.6) is 0 Å². The fourth-order valence-corrected chi connectivity index (χ4v) is 4.01. The number of hydrogen-bond acceptors (Lipinski definition) is 6. The van der Waals surface area contributed by atoms with Gasteiger partial charge in [0.05, 0.1) is 17.2 Å². The van der Waals surface area contributed by atoms with Crippen molar-refractivity contribution in [2.75, 3.05) is 4.90 Å². The van der Waals surface area contributed by atoms with E-state index in [4.69, 9.17) is 10.00 Å². The number of amides is 1. The second-order valence-corrected chi connectivity index (χ2v) is 7.43. The molecule has 0 saturated heterocycles. The summed E-state index contributed by atoms with van der Waals surface area (Å²) in [6, 6.07) is 8.33. The number of nitriles is 1. The molecule has 140 valence electrons. The molecule has 7 heteroatoms. The molecule has 1 atom stereocenters. The summed E-state index contributed by atoms with van der Waals surface area (Å²) in [5, 5.41) is 11.4. The van der Waals surface area contributed by atoms with Crippen molar-refractivity contribution in [1.82, 2.24) is 4.98 Å². The highest BCUT2D eigenvalue weighted by molar-refractivity contribution is 7.13. The van der Waals surface area contributed by atoms with E-state index in [0.29, 0.717) is 10.7 Å². The first-order valence-corrected chi connectivity index (χ1v) is 9.92. The summed E-state index contributed by atoms with van der Waals surface area (Å²) in [7, 11) is 0. The van der Waals surface area contributed by atoms with Gasteiger partial charge in [0.25, 0.3) is 5.91 Å². The molecule has 1 heterocycles. The molecule has 2 aromatic rings. The molecular formula is C20H21N3O3S. The first-order valence-electron chi connectivity index (χ1n) is 9.04. The number of rotatable bonds is 5. The predicted molar refractivity (Wildman–Crippen MR) is 103 cm³/mol. The number of aromatic nitrogens is 1. The molecule has 0 N–H and O–H groups in total. The van der Waals surface area contributed by atoms with Crippen molar-refractivity contribution in [3.63, 3.8) is 0 Å². The van der Waals surface area contributed by atoms with Gasteiger partial charge in [0, 0.05) is 17.6 Å². The minimum atomic E-state index is -0.936. The summed E-state index contributed by atoms with van der Waals surface area (Å²) in [6.45, 7) is 1.58. The van der Waals surface area contributed by atoms with E-state index in [2.05, 4.69) is 4.98 Å². The van der Waals surface area contributed by atoms with Gasteiger partial charge in [-0.2, -0.15) is 5.26 Å². The zero-order chi connectivity index (χ0) is 19.2. The molecule has 1 aliphatic rings. The van der Waals surface area contributed by atoms with Crippen molar-refractivity contribution >= 4 is 28.3 Å². The van der Waals surface area contributed by atoms with Crippen LogP contribution in [-0.2, 0) is 9.53 Å². The number of ether oxygens (including phenoxy) is 1. The molecular weight excluding hydrogens is 362 g/mol. The molecule has 1 aliphatic carbocycles. The molecule has 0 bridgehead atoms. The number of hydrogen-bond donors (Lipinski definition) is 0. The molecule has 0 spiro atoms. The smallest absolute Gasteiger partial charge is 0.338 e. The summed E-state index contributed by atoms with van der Waals surface area (Å²) in [6.07, 6.45) is 5.92. The maximum absolute atomic E-state index is 13.1. The number of thiazole rings is 1. The number of carbonyl (C=O) groups excluding carboxylic acids is 2. The number of nitrogens with zero attached hydrogens (tertiary/aromatic N) is 3. The van der Waals surface area contributed by atoms with Gasteiger partial charge in [-0.1, -0.05) is 25.3 Å². The van der Waals surface area contributed by atoms with E-state index >= 15 is 0 Å². The Labute approximate surface area is 162 Å². The second-order valence-electron chi connectivity index (χ2n) is 6.55. The van der Waals surface area contributed by atoms with Crippen molar-refractivity contribution in [3.05, 3.63) is 47.0 Å². The highest BCUT2D eigenvalue weighted by atomic mass is 32.1. The van der Waals surface area contributed by atoms with Gasteiger partial charge >= 0.3 is 5.97 Å². The minimum absolute atomic E-state index is 0.0838. The van der Waals surface area contributed by atoms with E-state index in [0.717, 1.165) is 25.7 Å². The zero-order valence-electron chi connectivity index (χ0n) is 15.1. The van der Waals surface area contributed by atoms with Crippen LogP contribution in [0.4, 0.5) is 5.13 Å². The Morgan fingerprint density at radius 3 is 2.78 bits per heavy atom. The Hall–Kier alpha value is -2.72. The molecule has 1 aromatic heterocycles. The first kappa shape index (κ1) is 19.1. The van der Waals surface area contributed by atoms with E-state index in [9.17, 15) is 9.59 Å². The summed E-state index contributed by atoms with van der Waals surface area (Å²) in [4.78, 5) is 31.5. The monoisotopic (exact) mass is 383 g/mol. The fraction of sp³-hybridized carbons (Fsp3) is 0.400. The Kier molecular flexibility index (Phi) is 6.20. The van der Waals surface area contributed by atoms with Crippen molar-refractivity contribution < 1.29 is 14.3 Å². The molecule has 1 aromatic carbocycles. The summed E-state index contributed by atoms with van der Waals surface area (Å²) in [5.74, 6) is -0.877. The zero-order valence-corrected chi connectivity index (χ0v) is 15.9. The van der Waals surface area contributed by atoms with E-state index < -0.39 is 12.1 Å². The Balaban J connectivity index is 1.75. The van der Waals surface area contributed by atoms with E-state index in [-0.39, 0.29) is 17.5 Å².